The largest absolute Gasteiger partial charge is 0.400 e. The molecule has 1 fully saturated rings. The predicted molar refractivity (Wildman–Crippen MR) is 114 cm³/mol. The molecular weight excluding hydrogens is 380 g/mol. The smallest absolute Gasteiger partial charge is 0.245 e. The quantitative estimate of drug-likeness (QED) is 0.540. The lowest BCUT2D eigenvalue weighted by atomic mass is 10.2. The number of nitrogens with one attached hydrogen (secondary N) is 1. The molecule has 0 saturated carbocycles. The number of rotatable bonds is 4. The highest BCUT2D eigenvalue weighted by Crippen LogP contribution is 2.24. The maximum atomic E-state index is 9.10. The molecule has 5 rings (SSSR count). The Bertz CT molecular complexity index is 1180. The van der Waals surface area contributed by atoms with Crippen LogP contribution in [-0.2, 0) is 0 Å². The number of benzene rings is 1. The summed E-state index contributed by atoms with van der Waals surface area (Å²) < 4.78 is 3.72. The summed E-state index contributed by atoms with van der Waals surface area (Å²) in [5.41, 5.74) is 2.39. The van der Waals surface area contributed by atoms with E-state index in [0.717, 1.165) is 43.2 Å². The lowest BCUT2D eigenvalue weighted by Crippen LogP contribution is -2.22. The van der Waals surface area contributed by atoms with E-state index in [2.05, 4.69) is 26.4 Å². The molecule has 1 aliphatic heterocycles. The van der Waals surface area contributed by atoms with Crippen molar-refractivity contribution in [3.05, 3.63) is 60.7 Å². The fraction of sp³-hybridized carbons (Fsp3) is 0.238. The maximum absolute atomic E-state index is 9.10. The second kappa shape index (κ2) is 8.63. The third-order valence-electron chi connectivity index (χ3n) is 4.87. The first-order chi connectivity index (χ1) is 14.8. The molecule has 0 bridgehead atoms. The highest BCUT2D eigenvalue weighted by atomic mass is 16.2. The molecule has 2 N–H and O–H groups in total. The van der Waals surface area contributed by atoms with Gasteiger partial charge in [0.2, 0.25) is 5.95 Å². The maximum Gasteiger partial charge on any atom is 0.245 e. The SMILES string of the molecule is CO.N#Cc1cccc(-n2cnc(Nc3nc(N4CCCC4)nn4cccc34)c2)c1. The summed E-state index contributed by atoms with van der Waals surface area (Å²) in [6.45, 7) is 1.96. The first-order valence-electron chi connectivity index (χ1n) is 9.67. The Morgan fingerprint density at radius 3 is 2.77 bits per heavy atom. The molecule has 0 spiro atoms. The minimum absolute atomic E-state index is 0.613. The van der Waals surface area contributed by atoms with Gasteiger partial charge in [-0.3, -0.25) is 0 Å². The molecule has 4 aromatic rings. The fourth-order valence-corrected chi connectivity index (χ4v) is 3.45. The Balaban J connectivity index is 0.00000106. The van der Waals surface area contributed by atoms with Gasteiger partial charge in [0.25, 0.3) is 0 Å². The minimum atomic E-state index is 0.613. The summed E-state index contributed by atoms with van der Waals surface area (Å²) >= 11 is 0. The highest BCUT2D eigenvalue weighted by Gasteiger charge is 2.18. The van der Waals surface area contributed by atoms with Gasteiger partial charge in [-0.2, -0.15) is 10.2 Å². The minimum Gasteiger partial charge on any atom is -0.400 e. The number of hydrogen-bond donors (Lipinski definition) is 2. The van der Waals surface area contributed by atoms with Crippen LogP contribution >= 0.6 is 0 Å². The van der Waals surface area contributed by atoms with Gasteiger partial charge in [-0.15, -0.1) is 5.10 Å². The Morgan fingerprint density at radius 1 is 1.13 bits per heavy atom. The number of nitriles is 1. The molecular formula is C21H22N8O. The lowest BCUT2D eigenvalue weighted by Gasteiger charge is -2.16. The Morgan fingerprint density at radius 2 is 1.97 bits per heavy atom. The fourth-order valence-electron chi connectivity index (χ4n) is 3.45. The number of fused-ring (bicyclic) bond motifs is 1. The standard InChI is InChI=1S/C20H18N8.CH4O/c21-12-15-5-3-6-16(11-15)27-13-18(22-14-27)23-19-17-7-4-10-28(17)25-20(24-19)26-8-1-2-9-26;1-2/h3-7,10-11,13-14H,1-2,8-9H2,(H,23,24,25);2H,1H3. The Labute approximate surface area is 173 Å². The molecule has 1 saturated heterocycles. The molecule has 0 unspecified atom stereocenters. The summed E-state index contributed by atoms with van der Waals surface area (Å²) in [4.78, 5) is 11.4. The zero-order valence-electron chi connectivity index (χ0n) is 16.6. The van der Waals surface area contributed by atoms with Gasteiger partial charge >= 0.3 is 0 Å². The molecule has 9 nitrogen and oxygen atoms in total. The van der Waals surface area contributed by atoms with E-state index in [1.165, 1.54) is 12.8 Å². The van der Waals surface area contributed by atoms with Crippen LogP contribution < -0.4 is 10.2 Å². The van der Waals surface area contributed by atoms with E-state index < -0.39 is 0 Å². The molecule has 30 heavy (non-hydrogen) atoms. The van der Waals surface area contributed by atoms with E-state index in [4.69, 9.17) is 15.4 Å². The summed E-state index contributed by atoms with van der Waals surface area (Å²) in [5.74, 6) is 2.12. The van der Waals surface area contributed by atoms with Crippen LogP contribution in [-0.4, -0.2) is 49.5 Å². The van der Waals surface area contributed by atoms with Crippen molar-refractivity contribution in [2.75, 3.05) is 30.4 Å². The van der Waals surface area contributed by atoms with Gasteiger partial charge in [0.15, 0.2) is 5.82 Å². The van der Waals surface area contributed by atoms with Crippen molar-refractivity contribution >= 4 is 23.1 Å². The number of nitrogens with zero attached hydrogens (tertiary/aromatic N) is 7. The number of aromatic nitrogens is 5. The highest BCUT2D eigenvalue weighted by molar-refractivity contribution is 5.73. The van der Waals surface area contributed by atoms with Crippen LogP contribution in [0.1, 0.15) is 18.4 Å². The molecule has 0 aliphatic carbocycles. The van der Waals surface area contributed by atoms with Crippen molar-refractivity contribution < 1.29 is 5.11 Å². The van der Waals surface area contributed by atoms with Crippen LogP contribution in [0.3, 0.4) is 0 Å². The van der Waals surface area contributed by atoms with E-state index in [1.807, 2.05) is 51.8 Å². The molecule has 4 heterocycles. The van der Waals surface area contributed by atoms with Crippen molar-refractivity contribution in [1.82, 2.24) is 24.1 Å². The molecule has 1 aromatic carbocycles. The average Bonchev–Trinajstić information content (AvgIpc) is 3.56. The number of imidazole rings is 1. The second-order valence-corrected chi connectivity index (χ2v) is 6.75. The van der Waals surface area contributed by atoms with Gasteiger partial charge in [-0.25, -0.2) is 9.50 Å². The number of aliphatic hydroxyl groups excluding tert-OH is 1. The molecule has 152 valence electrons. The average molecular weight is 402 g/mol. The first-order valence-corrected chi connectivity index (χ1v) is 9.67. The van der Waals surface area contributed by atoms with Crippen molar-refractivity contribution in [2.45, 2.75) is 12.8 Å². The van der Waals surface area contributed by atoms with Crippen LogP contribution in [0.2, 0.25) is 0 Å². The van der Waals surface area contributed by atoms with E-state index >= 15 is 0 Å². The van der Waals surface area contributed by atoms with Crippen LogP contribution in [0.15, 0.2) is 55.1 Å². The molecule has 0 atom stereocenters. The topological polar surface area (TPSA) is 107 Å². The van der Waals surface area contributed by atoms with Crippen molar-refractivity contribution in [3.63, 3.8) is 0 Å². The lowest BCUT2D eigenvalue weighted by molar-refractivity contribution is 0.399. The zero-order chi connectivity index (χ0) is 20.9. The molecule has 3 aromatic heterocycles. The van der Waals surface area contributed by atoms with Gasteiger partial charge in [0, 0.05) is 32.1 Å². The monoisotopic (exact) mass is 402 g/mol. The molecule has 9 heteroatoms. The van der Waals surface area contributed by atoms with Gasteiger partial charge in [-0.05, 0) is 43.2 Å². The van der Waals surface area contributed by atoms with Gasteiger partial charge < -0.3 is 19.9 Å². The second-order valence-electron chi connectivity index (χ2n) is 6.75. The third kappa shape index (κ3) is 3.81. The number of aliphatic hydroxyl groups is 1. The van der Waals surface area contributed by atoms with Crippen molar-refractivity contribution in [1.29, 1.82) is 5.26 Å². The normalized spacial score (nSPS) is 13.0. The van der Waals surface area contributed by atoms with Crippen LogP contribution in [0.25, 0.3) is 11.2 Å². The summed E-state index contributed by atoms with van der Waals surface area (Å²) in [5, 5.41) is 24.0. The van der Waals surface area contributed by atoms with Crippen LogP contribution in [0.5, 0.6) is 0 Å². The third-order valence-corrected chi connectivity index (χ3v) is 4.87. The zero-order valence-corrected chi connectivity index (χ0v) is 16.6. The van der Waals surface area contributed by atoms with Gasteiger partial charge in [0.05, 0.1) is 17.8 Å². The molecule has 0 radical (unpaired) electrons. The van der Waals surface area contributed by atoms with E-state index in [9.17, 15) is 0 Å². The van der Waals surface area contributed by atoms with E-state index in [-0.39, 0.29) is 0 Å². The number of hydrogen-bond acceptors (Lipinski definition) is 7. The van der Waals surface area contributed by atoms with Crippen LogP contribution in [0, 0.1) is 11.3 Å². The van der Waals surface area contributed by atoms with Crippen molar-refractivity contribution in [2.24, 2.45) is 0 Å². The molecule has 0 amide bonds. The van der Waals surface area contributed by atoms with E-state index in [1.54, 1.807) is 12.4 Å². The van der Waals surface area contributed by atoms with Crippen LogP contribution in [0.4, 0.5) is 17.6 Å². The molecule has 1 aliphatic rings. The van der Waals surface area contributed by atoms with E-state index in [0.29, 0.717) is 11.4 Å². The predicted octanol–water partition coefficient (Wildman–Crippen LogP) is 2.74. The Hall–Kier alpha value is -3.90. The van der Waals surface area contributed by atoms with Crippen molar-refractivity contribution in [3.8, 4) is 11.8 Å². The summed E-state index contributed by atoms with van der Waals surface area (Å²) in [6, 6.07) is 13.5. The van der Waals surface area contributed by atoms with Gasteiger partial charge in [-0.1, -0.05) is 6.07 Å². The Kier molecular flexibility index (Phi) is 5.59. The summed E-state index contributed by atoms with van der Waals surface area (Å²) in [7, 11) is 1.00. The van der Waals surface area contributed by atoms with Gasteiger partial charge in [0.1, 0.15) is 17.7 Å². The summed E-state index contributed by atoms with van der Waals surface area (Å²) in [6.07, 6.45) is 7.86. The first kappa shape index (κ1) is 19.4. The number of anilines is 3.